The van der Waals surface area contributed by atoms with Crippen molar-refractivity contribution in [1.29, 1.82) is 0 Å². The minimum absolute atomic E-state index is 0.0844. The maximum absolute atomic E-state index is 14.7. The molecule has 71 heavy (non-hydrogen) atoms. The maximum atomic E-state index is 14.7. The van der Waals surface area contributed by atoms with Crippen LogP contribution in [0.25, 0.3) is 0 Å². The molecule has 0 bridgehead atoms. The Morgan fingerprint density at radius 1 is 0.338 bits per heavy atom. The van der Waals surface area contributed by atoms with E-state index in [0.29, 0.717) is 0 Å². The summed E-state index contributed by atoms with van der Waals surface area (Å²) in [6.45, 7) is 28.1. The summed E-state index contributed by atoms with van der Waals surface area (Å²) in [5, 5.41) is 15.4. The fraction of sp³-hybridized carbons (Fsp3) is 0.809. The van der Waals surface area contributed by atoms with Crippen LogP contribution in [0.4, 0.5) is 28.8 Å². The Balaban J connectivity index is 2.08. The number of carbonyl (C=O) groups excluding carboxylic acids is 9. The molecule has 0 aliphatic carbocycles. The Labute approximate surface area is 417 Å². The van der Waals surface area contributed by atoms with Crippen LogP contribution in [0.1, 0.15) is 125 Å². The first-order valence-corrected chi connectivity index (χ1v) is 23.7. The third-order valence-corrected chi connectivity index (χ3v) is 10.5. The van der Waals surface area contributed by atoms with Crippen molar-refractivity contribution in [2.45, 2.75) is 176 Å². The van der Waals surface area contributed by atoms with E-state index in [4.69, 9.17) is 28.4 Å². The van der Waals surface area contributed by atoms with Crippen molar-refractivity contribution in [2.24, 2.45) is 10.8 Å². The van der Waals surface area contributed by atoms with Gasteiger partial charge in [0.2, 0.25) is 17.7 Å². The molecule has 24 heteroatoms. The Kier molecular flexibility index (Phi) is 18.2. The Hall–Kier alpha value is -5.97. The lowest BCUT2D eigenvalue weighted by Gasteiger charge is -2.35. The van der Waals surface area contributed by atoms with Gasteiger partial charge in [0.25, 0.3) is 0 Å². The second-order valence-electron chi connectivity index (χ2n) is 24.4. The molecule has 24 nitrogen and oxygen atoms in total. The fourth-order valence-corrected chi connectivity index (χ4v) is 8.24. The predicted octanol–water partition coefficient (Wildman–Crippen LogP) is 3.74. The molecule has 3 fully saturated rings. The first kappa shape index (κ1) is 59.3. The van der Waals surface area contributed by atoms with Crippen molar-refractivity contribution in [3.8, 4) is 0 Å². The SMILES string of the molecule is CC(C)(C)OC(=O)NCC(NC(=O)OC(C)(C)C)C(=O)N1CC23CN(C(=O)C(CNC(=O)OC(C)(C)C)NC(=O)OC(C)(C)C)CC2(C1)CN(C(=O)C(CNC(=O)OC(C)(C)C)NC(=O)OC(C)(C)C)C3. The monoisotopic (exact) mass is 1010 g/mol. The van der Waals surface area contributed by atoms with Gasteiger partial charge in [0.05, 0.1) is 19.6 Å². The minimum atomic E-state index is -1.37. The summed E-state index contributed by atoms with van der Waals surface area (Å²) >= 11 is 0. The molecule has 0 aromatic rings. The standard InChI is InChI=1S/C47H81N9O15/c1-40(2,3)66-34(60)48-19-28(51-37(63)69-43(10,11)12)31(57)54-22-46-24-55(32(58)29(52-38(64)70-44(13,14)15)20-49-35(61)67-41(4,5)6)25-47(46,23-54)27-56(26-46)33(59)30(53-39(65)71-45(16,17)18)21-50-36(62)68-42(7,8)9/h28-30H,19-27H2,1-18H3,(H,48,60)(H,49,61)(H,50,62)(H,51,63)(H,52,64)(H,53,65). The minimum Gasteiger partial charge on any atom is -0.444 e. The van der Waals surface area contributed by atoms with Crippen molar-refractivity contribution in [3.63, 3.8) is 0 Å². The maximum Gasteiger partial charge on any atom is 0.408 e. The van der Waals surface area contributed by atoms with E-state index in [-0.39, 0.29) is 39.3 Å². The second kappa shape index (κ2) is 21.8. The molecule has 3 aliphatic heterocycles. The smallest absolute Gasteiger partial charge is 0.408 e. The average molecular weight is 1010 g/mol. The third-order valence-electron chi connectivity index (χ3n) is 10.5. The highest BCUT2D eigenvalue weighted by Crippen LogP contribution is 2.57. The highest BCUT2D eigenvalue weighted by Gasteiger charge is 2.69. The third kappa shape index (κ3) is 18.9. The molecule has 0 aromatic carbocycles. The number of carbonyl (C=O) groups is 9. The Morgan fingerprint density at radius 3 is 0.676 bits per heavy atom. The van der Waals surface area contributed by atoms with Crippen molar-refractivity contribution < 1.29 is 71.6 Å². The van der Waals surface area contributed by atoms with Crippen LogP contribution in [0.3, 0.4) is 0 Å². The summed E-state index contributed by atoms with van der Waals surface area (Å²) in [7, 11) is 0. The zero-order valence-electron chi connectivity index (χ0n) is 45.1. The van der Waals surface area contributed by atoms with Crippen molar-refractivity contribution in [3.05, 3.63) is 0 Å². The Bertz CT molecular complexity index is 1760. The zero-order valence-corrected chi connectivity index (χ0v) is 45.1. The van der Waals surface area contributed by atoms with Gasteiger partial charge in [0.1, 0.15) is 51.7 Å². The normalized spacial score (nSPS) is 20.5. The molecular formula is C47H81N9O15. The van der Waals surface area contributed by atoms with E-state index in [9.17, 15) is 43.2 Å². The summed E-state index contributed by atoms with van der Waals surface area (Å²) in [5.74, 6) is -1.85. The number of hydrogen-bond acceptors (Lipinski definition) is 15. The number of alkyl carbamates (subject to hydrolysis) is 6. The van der Waals surface area contributed by atoms with Crippen LogP contribution < -0.4 is 31.9 Å². The van der Waals surface area contributed by atoms with Gasteiger partial charge < -0.3 is 75.0 Å². The van der Waals surface area contributed by atoms with E-state index in [2.05, 4.69) is 31.9 Å². The van der Waals surface area contributed by atoms with E-state index >= 15 is 0 Å². The van der Waals surface area contributed by atoms with Crippen LogP contribution in [-0.4, -0.2) is 180 Å². The van der Waals surface area contributed by atoms with Gasteiger partial charge in [-0.05, 0) is 125 Å². The lowest BCUT2D eigenvalue weighted by molar-refractivity contribution is -0.136. The number of likely N-dealkylation sites (tertiary alicyclic amines) is 3. The second-order valence-corrected chi connectivity index (χ2v) is 24.4. The molecule has 3 aliphatic rings. The molecule has 3 heterocycles. The van der Waals surface area contributed by atoms with Gasteiger partial charge in [-0.25, -0.2) is 28.8 Å². The molecule has 404 valence electrons. The van der Waals surface area contributed by atoms with Gasteiger partial charge in [0.15, 0.2) is 0 Å². The molecule has 0 saturated carbocycles. The number of rotatable bonds is 12. The topological polar surface area (TPSA) is 291 Å². The van der Waals surface area contributed by atoms with Crippen LogP contribution in [0.5, 0.6) is 0 Å². The quantitative estimate of drug-likeness (QED) is 0.152. The van der Waals surface area contributed by atoms with Crippen molar-refractivity contribution in [2.75, 3.05) is 58.9 Å². The van der Waals surface area contributed by atoms with E-state index in [1.54, 1.807) is 125 Å². The molecule has 9 amide bonds. The van der Waals surface area contributed by atoms with E-state index in [1.165, 1.54) is 14.7 Å². The van der Waals surface area contributed by atoms with Crippen molar-refractivity contribution >= 4 is 54.3 Å². The molecule has 3 rings (SSSR count). The van der Waals surface area contributed by atoms with Crippen LogP contribution >= 0.6 is 0 Å². The molecule has 0 radical (unpaired) electrons. The van der Waals surface area contributed by atoms with Crippen LogP contribution in [0.15, 0.2) is 0 Å². The molecular weight excluding hydrogens is 931 g/mol. The fourth-order valence-electron chi connectivity index (χ4n) is 8.24. The van der Waals surface area contributed by atoms with Crippen LogP contribution in [0, 0.1) is 10.8 Å². The predicted molar refractivity (Wildman–Crippen MR) is 257 cm³/mol. The largest absolute Gasteiger partial charge is 0.444 e. The molecule has 3 saturated heterocycles. The molecule has 0 spiro atoms. The lowest BCUT2D eigenvalue weighted by Crippen LogP contribution is -2.58. The summed E-state index contributed by atoms with van der Waals surface area (Å²) in [6, 6.07) is -4.12. The number of nitrogens with zero attached hydrogens (tertiary/aromatic N) is 3. The van der Waals surface area contributed by atoms with Gasteiger partial charge in [-0.1, -0.05) is 0 Å². The molecule has 6 N–H and O–H groups in total. The summed E-state index contributed by atoms with van der Waals surface area (Å²) < 4.78 is 32.5. The molecule has 0 aromatic heterocycles. The first-order chi connectivity index (χ1) is 32.0. The van der Waals surface area contributed by atoms with Gasteiger partial charge in [0, 0.05) is 50.1 Å². The number of hydrogen-bond donors (Lipinski definition) is 6. The van der Waals surface area contributed by atoms with E-state index in [1.807, 2.05) is 0 Å². The summed E-state index contributed by atoms with van der Waals surface area (Å²) in [4.78, 5) is 126. The zero-order chi connectivity index (χ0) is 54.5. The number of amides is 9. The summed E-state index contributed by atoms with van der Waals surface area (Å²) in [5.41, 5.74) is -7.65. The lowest BCUT2D eigenvalue weighted by atomic mass is 9.71. The van der Waals surface area contributed by atoms with Gasteiger partial charge in [-0.15, -0.1) is 0 Å². The van der Waals surface area contributed by atoms with Crippen LogP contribution in [-0.2, 0) is 42.8 Å². The highest BCUT2D eigenvalue weighted by molar-refractivity contribution is 5.90. The van der Waals surface area contributed by atoms with Gasteiger partial charge >= 0.3 is 36.6 Å². The van der Waals surface area contributed by atoms with Gasteiger partial charge in [-0.2, -0.15) is 0 Å². The Morgan fingerprint density at radius 2 is 0.507 bits per heavy atom. The molecule has 3 unspecified atom stereocenters. The summed E-state index contributed by atoms with van der Waals surface area (Å²) in [6.07, 6.45) is -5.33. The highest BCUT2D eigenvalue weighted by atomic mass is 16.6. The molecule has 3 atom stereocenters. The number of nitrogens with one attached hydrogen (secondary N) is 6. The van der Waals surface area contributed by atoms with E-state index < -0.39 is 136 Å². The van der Waals surface area contributed by atoms with E-state index in [0.717, 1.165) is 0 Å². The first-order valence-electron chi connectivity index (χ1n) is 23.7. The average Bonchev–Trinajstić information content (AvgIpc) is 3.70. The van der Waals surface area contributed by atoms with Gasteiger partial charge in [-0.3, -0.25) is 14.4 Å². The van der Waals surface area contributed by atoms with Crippen molar-refractivity contribution in [1.82, 2.24) is 46.6 Å². The van der Waals surface area contributed by atoms with Crippen LogP contribution in [0.2, 0.25) is 0 Å². The number of ether oxygens (including phenoxy) is 6.